The highest BCUT2D eigenvalue weighted by Gasteiger charge is 2.14. The number of hydrogen-bond donors (Lipinski definition) is 2. The van der Waals surface area contributed by atoms with Crippen LogP contribution in [-0.4, -0.2) is 14.3 Å². The van der Waals surface area contributed by atoms with Gasteiger partial charge in [-0.3, -0.25) is 9.52 Å². The van der Waals surface area contributed by atoms with Crippen LogP contribution >= 0.6 is 15.9 Å². The third-order valence-corrected chi connectivity index (χ3v) is 5.70. The smallest absolute Gasteiger partial charge is 0.261 e. The Morgan fingerprint density at radius 2 is 1.52 bits per heavy atom. The van der Waals surface area contributed by atoms with Crippen LogP contribution in [0.15, 0.2) is 82.2 Å². The Morgan fingerprint density at radius 3 is 2.15 bits per heavy atom. The van der Waals surface area contributed by atoms with Crippen LogP contribution < -0.4 is 10.0 Å². The molecule has 3 aromatic rings. The van der Waals surface area contributed by atoms with Gasteiger partial charge in [0.25, 0.3) is 15.9 Å². The average Bonchev–Trinajstić information content (AvgIpc) is 2.63. The van der Waals surface area contributed by atoms with Crippen LogP contribution in [0.4, 0.5) is 11.4 Å². The van der Waals surface area contributed by atoms with Gasteiger partial charge in [0.1, 0.15) is 0 Å². The van der Waals surface area contributed by atoms with Crippen molar-refractivity contribution in [3.05, 3.63) is 88.4 Å². The lowest BCUT2D eigenvalue weighted by molar-refractivity contribution is 0.102. The van der Waals surface area contributed by atoms with Crippen LogP contribution in [0.1, 0.15) is 15.9 Å². The first kappa shape index (κ1) is 19.1. The number of amides is 1. The molecule has 0 bridgehead atoms. The van der Waals surface area contributed by atoms with Crippen molar-refractivity contribution >= 4 is 43.2 Å². The second kappa shape index (κ2) is 7.94. The quantitative estimate of drug-likeness (QED) is 0.592. The molecule has 0 spiro atoms. The Morgan fingerprint density at radius 1 is 0.889 bits per heavy atom. The normalized spacial score (nSPS) is 11.0. The average molecular weight is 445 g/mol. The molecule has 0 fully saturated rings. The largest absolute Gasteiger partial charge is 0.322 e. The van der Waals surface area contributed by atoms with Crippen molar-refractivity contribution in [2.45, 2.75) is 11.8 Å². The topological polar surface area (TPSA) is 75.3 Å². The van der Waals surface area contributed by atoms with Crippen molar-refractivity contribution in [2.24, 2.45) is 0 Å². The van der Waals surface area contributed by atoms with Crippen LogP contribution in [0.2, 0.25) is 0 Å². The minimum absolute atomic E-state index is 0.195. The number of hydrogen-bond acceptors (Lipinski definition) is 3. The third-order valence-electron chi connectivity index (χ3n) is 3.81. The molecular weight excluding hydrogens is 428 g/mol. The predicted molar refractivity (Wildman–Crippen MR) is 111 cm³/mol. The molecule has 3 aromatic carbocycles. The van der Waals surface area contributed by atoms with Gasteiger partial charge >= 0.3 is 0 Å². The van der Waals surface area contributed by atoms with E-state index in [1.54, 1.807) is 66.7 Å². The third kappa shape index (κ3) is 4.96. The number of anilines is 2. The van der Waals surface area contributed by atoms with E-state index in [-0.39, 0.29) is 10.8 Å². The fraction of sp³-hybridized carbons (Fsp3) is 0.0500. The standard InChI is InChI=1S/C20H17BrN2O3S/c1-14-5-11-19(12-6-14)27(25,26)23-18-9-7-17(8-10-18)22-20(24)15-3-2-4-16(21)13-15/h2-13,23H,1H3,(H,22,24). The number of benzene rings is 3. The summed E-state index contributed by atoms with van der Waals surface area (Å²) < 4.78 is 28.2. The highest BCUT2D eigenvalue weighted by Crippen LogP contribution is 2.20. The maximum atomic E-state index is 12.4. The van der Waals surface area contributed by atoms with E-state index in [9.17, 15) is 13.2 Å². The molecule has 3 rings (SSSR count). The minimum atomic E-state index is -3.66. The lowest BCUT2D eigenvalue weighted by Crippen LogP contribution is -2.13. The summed E-state index contributed by atoms with van der Waals surface area (Å²) in [6.45, 7) is 1.89. The number of sulfonamides is 1. The van der Waals surface area contributed by atoms with Gasteiger partial charge in [-0.2, -0.15) is 0 Å². The summed E-state index contributed by atoms with van der Waals surface area (Å²) in [5.74, 6) is -0.246. The predicted octanol–water partition coefficient (Wildman–Crippen LogP) is 4.81. The summed E-state index contributed by atoms with van der Waals surface area (Å²) in [4.78, 5) is 12.4. The molecule has 1 amide bonds. The maximum Gasteiger partial charge on any atom is 0.261 e. The molecular formula is C20H17BrN2O3S. The molecule has 0 heterocycles. The summed E-state index contributed by atoms with van der Waals surface area (Å²) >= 11 is 3.33. The van der Waals surface area contributed by atoms with E-state index in [0.717, 1.165) is 10.0 Å². The number of nitrogens with one attached hydrogen (secondary N) is 2. The Kier molecular flexibility index (Phi) is 5.62. The molecule has 27 heavy (non-hydrogen) atoms. The van der Waals surface area contributed by atoms with Gasteiger partial charge in [0.15, 0.2) is 0 Å². The van der Waals surface area contributed by atoms with Gasteiger partial charge in [-0.25, -0.2) is 8.42 Å². The first-order valence-electron chi connectivity index (χ1n) is 8.10. The van der Waals surface area contributed by atoms with Crippen LogP contribution in [-0.2, 0) is 10.0 Å². The van der Waals surface area contributed by atoms with E-state index in [0.29, 0.717) is 16.9 Å². The van der Waals surface area contributed by atoms with E-state index >= 15 is 0 Å². The summed E-state index contributed by atoms with van der Waals surface area (Å²) in [5.41, 5.74) is 2.49. The van der Waals surface area contributed by atoms with E-state index < -0.39 is 10.0 Å². The maximum absolute atomic E-state index is 12.4. The van der Waals surface area contributed by atoms with Crippen molar-refractivity contribution in [1.29, 1.82) is 0 Å². The highest BCUT2D eigenvalue weighted by atomic mass is 79.9. The molecule has 0 aromatic heterocycles. The van der Waals surface area contributed by atoms with Crippen molar-refractivity contribution in [1.82, 2.24) is 0 Å². The van der Waals surface area contributed by atoms with Crippen molar-refractivity contribution in [3.63, 3.8) is 0 Å². The lowest BCUT2D eigenvalue weighted by Gasteiger charge is -2.10. The Bertz CT molecular complexity index is 1060. The number of halogens is 1. The molecule has 0 saturated carbocycles. The van der Waals surface area contributed by atoms with E-state index in [4.69, 9.17) is 0 Å². The molecule has 0 aliphatic carbocycles. The molecule has 138 valence electrons. The first-order chi connectivity index (χ1) is 12.8. The Hall–Kier alpha value is -2.64. The van der Waals surface area contributed by atoms with Crippen molar-refractivity contribution in [3.8, 4) is 0 Å². The summed E-state index contributed by atoms with van der Waals surface area (Å²) in [6, 6.07) is 20.1. The van der Waals surface area contributed by atoms with E-state index in [1.807, 2.05) is 13.0 Å². The number of carbonyl (C=O) groups excluding carboxylic acids is 1. The number of carbonyl (C=O) groups is 1. The zero-order valence-electron chi connectivity index (χ0n) is 14.4. The lowest BCUT2D eigenvalue weighted by atomic mass is 10.2. The van der Waals surface area contributed by atoms with Gasteiger partial charge < -0.3 is 5.32 Å². The van der Waals surface area contributed by atoms with E-state index in [1.165, 1.54) is 0 Å². The second-order valence-corrected chi connectivity index (χ2v) is 8.56. The molecule has 0 radical (unpaired) electrons. The fourth-order valence-electron chi connectivity index (χ4n) is 2.39. The highest BCUT2D eigenvalue weighted by molar-refractivity contribution is 9.10. The van der Waals surface area contributed by atoms with Gasteiger partial charge in [-0.1, -0.05) is 39.7 Å². The molecule has 0 aliphatic rings. The van der Waals surface area contributed by atoms with Gasteiger partial charge in [0.05, 0.1) is 4.90 Å². The fourth-order valence-corrected chi connectivity index (χ4v) is 3.84. The van der Waals surface area contributed by atoms with Crippen LogP contribution in [0, 0.1) is 6.92 Å². The van der Waals surface area contributed by atoms with Crippen LogP contribution in [0.25, 0.3) is 0 Å². The summed E-state index contributed by atoms with van der Waals surface area (Å²) in [6.07, 6.45) is 0. The van der Waals surface area contributed by atoms with Crippen LogP contribution in [0.3, 0.4) is 0 Å². The van der Waals surface area contributed by atoms with Gasteiger partial charge in [0.2, 0.25) is 0 Å². The Labute approximate surface area is 166 Å². The van der Waals surface area contributed by atoms with Crippen molar-refractivity contribution in [2.75, 3.05) is 10.0 Å². The zero-order valence-corrected chi connectivity index (χ0v) is 16.8. The van der Waals surface area contributed by atoms with Crippen molar-refractivity contribution < 1.29 is 13.2 Å². The monoisotopic (exact) mass is 444 g/mol. The van der Waals surface area contributed by atoms with E-state index in [2.05, 4.69) is 26.0 Å². The molecule has 0 unspecified atom stereocenters. The first-order valence-corrected chi connectivity index (χ1v) is 10.4. The van der Waals surface area contributed by atoms with Gasteiger partial charge in [0, 0.05) is 21.4 Å². The minimum Gasteiger partial charge on any atom is -0.322 e. The summed E-state index contributed by atoms with van der Waals surface area (Å²) in [7, 11) is -3.66. The molecule has 0 aliphatic heterocycles. The van der Waals surface area contributed by atoms with Crippen LogP contribution in [0.5, 0.6) is 0 Å². The number of rotatable bonds is 5. The number of aryl methyl sites for hydroxylation is 1. The van der Waals surface area contributed by atoms with Gasteiger partial charge in [-0.15, -0.1) is 0 Å². The second-order valence-electron chi connectivity index (χ2n) is 5.96. The SMILES string of the molecule is Cc1ccc(S(=O)(=O)Nc2ccc(NC(=O)c3cccc(Br)c3)cc2)cc1. The zero-order chi connectivity index (χ0) is 19.4. The molecule has 2 N–H and O–H groups in total. The molecule has 7 heteroatoms. The Balaban J connectivity index is 1.70. The van der Waals surface area contributed by atoms with Gasteiger partial charge in [-0.05, 0) is 61.5 Å². The molecule has 0 atom stereocenters. The summed E-state index contributed by atoms with van der Waals surface area (Å²) in [5, 5.41) is 2.78. The molecule has 5 nitrogen and oxygen atoms in total. The molecule has 0 saturated heterocycles.